The van der Waals surface area contributed by atoms with Gasteiger partial charge in [0.2, 0.25) is 10.0 Å². The summed E-state index contributed by atoms with van der Waals surface area (Å²) < 4.78 is 28.2. The maximum absolute atomic E-state index is 12.3. The van der Waals surface area contributed by atoms with Gasteiger partial charge < -0.3 is 4.57 Å². The quantitative estimate of drug-likeness (QED) is 0.864. The number of nitrogens with zero attached hydrogens (tertiary/aromatic N) is 3. The van der Waals surface area contributed by atoms with Crippen molar-refractivity contribution in [2.45, 2.75) is 25.8 Å². The van der Waals surface area contributed by atoms with Crippen molar-refractivity contribution in [2.75, 3.05) is 18.8 Å². The van der Waals surface area contributed by atoms with Crippen molar-refractivity contribution < 1.29 is 8.42 Å². The van der Waals surface area contributed by atoms with Crippen molar-refractivity contribution in [2.24, 2.45) is 0 Å². The molecule has 0 spiro atoms. The highest BCUT2D eigenvalue weighted by molar-refractivity contribution is 7.89. The van der Waals surface area contributed by atoms with Gasteiger partial charge in [-0.15, -0.1) is 0 Å². The van der Waals surface area contributed by atoms with Crippen molar-refractivity contribution in [1.29, 1.82) is 0 Å². The summed E-state index contributed by atoms with van der Waals surface area (Å²) in [6.07, 6.45) is 4.81. The molecule has 20 heavy (non-hydrogen) atoms. The van der Waals surface area contributed by atoms with Crippen molar-refractivity contribution in [3.63, 3.8) is 0 Å². The van der Waals surface area contributed by atoms with E-state index in [0.717, 1.165) is 30.3 Å². The normalized spacial score (nSPS) is 17.6. The van der Waals surface area contributed by atoms with E-state index in [1.165, 1.54) is 0 Å². The maximum Gasteiger partial charge on any atom is 0.215 e. The van der Waals surface area contributed by atoms with Gasteiger partial charge in [0.25, 0.3) is 0 Å². The van der Waals surface area contributed by atoms with Crippen molar-refractivity contribution >= 4 is 21.1 Å². The van der Waals surface area contributed by atoms with E-state index in [4.69, 9.17) is 0 Å². The molecular weight excluding hydrogens is 274 g/mol. The number of fused-ring (bicyclic) bond motifs is 1. The molecule has 1 fully saturated rings. The molecule has 0 radical (unpaired) electrons. The lowest BCUT2D eigenvalue weighted by Crippen LogP contribution is -2.38. The summed E-state index contributed by atoms with van der Waals surface area (Å²) in [6, 6.07) is 7.78. The molecule has 0 saturated carbocycles. The molecule has 1 aliphatic heterocycles. The van der Waals surface area contributed by atoms with Gasteiger partial charge in [0.15, 0.2) is 0 Å². The number of hydrogen-bond donors (Lipinski definition) is 0. The first-order valence-corrected chi connectivity index (χ1v) is 8.65. The van der Waals surface area contributed by atoms with Crippen molar-refractivity contribution in [3.05, 3.63) is 30.6 Å². The van der Waals surface area contributed by atoms with Crippen LogP contribution in [0.1, 0.15) is 19.3 Å². The zero-order chi connectivity index (χ0) is 14.0. The maximum atomic E-state index is 12.3. The first-order valence-electron chi connectivity index (χ1n) is 7.04. The molecule has 108 valence electrons. The molecule has 0 bridgehead atoms. The topological polar surface area (TPSA) is 55.2 Å². The van der Waals surface area contributed by atoms with E-state index in [2.05, 4.69) is 4.98 Å². The average Bonchev–Trinajstić information content (AvgIpc) is 2.89. The number of sulfonamides is 1. The summed E-state index contributed by atoms with van der Waals surface area (Å²) in [4.78, 5) is 4.29. The Morgan fingerprint density at radius 1 is 1.10 bits per heavy atom. The van der Waals surface area contributed by atoms with Crippen LogP contribution in [0, 0.1) is 0 Å². The van der Waals surface area contributed by atoms with Gasteiger partial charge in [-0.1, -0.05) is 18.6 Å². The van der Waals surface area contributed by atoms with E-state index < -0.39 is 10.0 Å². The molecule has 2 aromatic rings. The number of benzene rings is 1. The fourth-order valence-corrected chi connectivity index (χ4v) is 4.17. The largest absolute Gasteiger partial charge is 0.330 e. The molecule has 1 aliphatic rings. The second kappa shape index (κ2) is 5.54. The minimum absolute atomic E-state index is 0.146. The Kier molecular flexibility index (Phi) is 3.76. The molecule has 2 heterocycles. The molecule has 1 saturated heterocycles. The minimum atomic E-state index is -3.14. The highest BCUT2D eigenvalue weighted by Crippen LogP contribution is 2.15. The Hall–Kier alpha value is -1.40. The van der Waals surface area contributed by atoms with Gasteiger partial charge in [-0.25, -0.2) is 17.7 Å². The molecule has 3 rings (SSSR count). The van der Waals surface area contributed by atoms with E-state index in [9.17, 15) is 8.42 Å². The molecule has 0 atom stereocenters. The van der Waals surface area contributed by atoms with E-state index in [-0.39, 0.29) is 5.75 Å². The third-order valence-electron chi connectivity index (χ3n) is 3.83. The molecule has 1 aromatic heterocycles. The SMILES string of the molecule is O=S(=O)(CCn1cnc2ccccc21)N1CCCCC1. The lowest BCUT2D eigenvalue weighted by molar-refractivity contribution is 0.346. The van der Waals surface area contributed by atoms with Gasteiger partial charge in [0.05, 0.1) is 23.1 Å². The van der Waals surface area contributed by atoms with Gasteiger partial charge >= 0.3 is 0 Å². The van der Waals surface area contributed by atoms with E-state index >= 15 is 0 Å². The Morgan fingerprint density at radius 2 is 1.85 bits per heavy atom. The molecule has 1 aromatic carbocycles. The number of imidazole rings is 1. The van der Waals surface area contributed by atoms with Gasteiger partial charge in [-0.3, -0.25) is 0 Å². The standard InChI is InChI=1S/C14H19N3O2S/c18-20(19,17-8-4-1-5-9-17)11-10-16-12-15-13-6-2-3-7-14(13)16/h2-3,6-7,12H,1,4-5,8-11H2. The summed E-state index contributed by atoms with van der Waals surface area (Å²) in [7, 11) is -3.14. The minimum Gasteiger partial charge on any atom is -0.330 e. The first-order chi connectivity index (χ1) is 9.67. The van der Waals surface area contributed by atoms with Crippen LogP contribution < -0.4 is 0 Å². The smallest absolute Gasteiger partial charge is 0.215 e. The van der Waals surface area contributed by atoms with Crippen LogP contribution in [0.5, 0.6) is 0 Å². The Bertz CT molecular complexity index is 687. The van der Waals surface area contributed by atoms with Crippen molar-refractivity contribution in [1.82, 2.24) is 13.9 Å². The van der Waals surface area contributed by atoms with Crippen LogP contribution in [-0.2, 0) is 16.6 Å². The Balaban J connectivity index is 1.72. The molecule has 0 amide bonds. The molecule has 0 N–H and O–H groups in total. The second-order valence-electron chi connectivity index (χ2n) is 5.20. The third kappa shape index (κ3) is 2.71. The molecule has 0 unspecified atom stereocenters. The van der Waals surface area contributed by atoms with E-state index in [1.54, 1.807) is 10.6 Å². The molecular formula is C14H19N3O2S. The molecule has 0 aliphatic carbocycles. The molecule has 5 nitrogen and oxygen atoms in total. The van der Waals surface area contributed by atoms with Crippen LogP contribution in [0.25, 0.3) is 11.0 Å². The van der Waals surface area contributed by atoms with Gasteiger partial charge in [-0.2, -0.15) is 0 Å². The average molecular weight is 293 g/mol. The van der Waals surface area contributed by atoms with Crippen molar-refractivity contribution in [3.8, 4) is 0 Å². The van der Waals surface area contributed by atoms with Crippen LogP contribution in [0.2, 0.25) is 0 Å². The lowest BCUT2D eigenvalue weighted by Gasteiger charge is -2.25. The van der Waals surface area contributed by atoms with E-state index in [0.29, 0.717) is 19.6 Å². The van der Waals surface area contributed by atoms with Crippen LogP contribution in [0.15, 0.2) is 30.6 Å². The monoisotopic (exact) mass is 293 g/mol. The lowest BCUT2D eigenvalue weighted by atomic mass is 10.2. The number of rotatable bonds is 4. The fraction of sp³-hybridized carbons (Fsp3) is 0.500. The zero-order valence-corrected chi connectivity index (χ0v) is 12.2. The van der Waals surface area contributed by atoms with Crippen LogP contribution in [-0.4, -0.2) is 41.1 Å². The third-order valence-corrected chi connectivity index (χ3v) is 5.68. The van der Waals surface area contributed by atoms with Gasteiger partial charge in [0, 0.05) is 19.6 Å². The van der Waals surface area contributed by atoms with Gasteiger partial charge in [-0.05, 0) is 25.0 Å². The highest BCUT2D eigenvalue weighted by Gasteiger charge is 2.23. The summed E-state index contributed by atoms with van der Waals surface area (Å²) in [5.74, 6) is 0.146. The summed E-state index contributed by atoms with van der Waals surface area (Å²) in [6.45, 7) is 1.80. The summed E-state index contributed by atoms with van der Waals surface area (Å²) in [5, 5.41) is 0. The zero-order valence-electron chi connectivity index (χ0n) is 11.4. The number of para-hydroxylation sites is 2. The second-order valence-corrected chi connectivity index (χ2v) is 7.29. The number of hydrogen-bond acceptors (Lipinski definition) is 3. The number of aryl methyl sites for hydroxylation is 1. The van der Waals surface area contributed by atoms with Crippen LogP contribution in [0.3, 0.4) is 0 Å². The summed E-state index contributed by atoms with van der Waals surface area (Å²) in [5.41, 5.74) is 1.89. The van der Waals surface area contributed by atoms with E-state index in [1.807, 2.05) is 28.8 Å². The highest BCUT2D eigenvalue weighted by atomic mass is 32.2. The predicted molar refractivity (Wildman–Crippen MR) is 78.9 cm³/mol. The Morgan fingerprint density at radius 3 is 2.65 bits per heavy atom. The van der Waals surface area contributed by atoms with Crippen LogP contribution >= 0.6 is 0 Å². The fourth-order valence-electron chi connectivity index (χ4n) is 2.67. The van der Waals surface area contributed by atoms with Gasteiger partial charge in [0.1, 0.15) is 0 Å². The first kappa shape index (κ1) is 13.6. The predicted octanol–water partition coefficient (Wildman–Crippen LogP) is 1.85. The van der Waals surface area contributed by atoms with Crippen LogP contribution in [0.4, 0.5) is 0 Å². The summed E-state index contributed by atoms with van der Waals surface area (Å²) >= 11 is 0. The number of aromatic nitrogens is 2. The Labute approximate surface area is 119 Å². The number of piperidine rings is 1. The molecule has 6 heteroatoms.